The van der Waals surface area contributed by atoms with Crippen molar-refractivity contribution < 1.29 is 9.53 Å². The zero-order valence-corrected chi connectivity index (χ0v) is 12.8. The van der Waals surface area contributed by atoms with Gasteiger partial charge in [-0.15, -0.1) is 0 Å². The Morgan fingerprint density at radius 2 is 2.10 bits per heavy atom. The smallest absolute Gasteiger partial charge is 0.275 e. The number of hydrogen-bond acceptors (Lipinski definition) is 4. The fourth-order valence-electron chi connectivity index (χ4n) is 1.55. The fourth-order valence-corrected chi connectivity index (χ4v) is 1.82. The van der Waals surface area contributed by atoms with Crippen molar-refractivity contribution in [3.05, 3.63) is 46.5 Å². The summed E-state index contributed by atoms with van der Waals surface area (Å²) in [5.74, 6) is 0.138. The van der Waals surface area contributed by atoms with E-state index in [9.17, 15) is 4.79 Å². The molecule has 0 spiro atoms. The molecule has 0 bridgehead atoms. The number of benzene rings is 1. The maximum Gasteiger partial charge on any atom is 0.275 e. The van der Waals surface area contributed by atoms with Gasteiger partial charge >= 0.3 is 0 Å². The van der Waals surface area contributed by atoms with Crippen molar-refractivity contribution in [2.45, 2.75) is 13.3 Å². The summed E-state index contributed by atoms with van der Waals surface area (Å²) in [5.41, 5.74) is 0.638. The molecule has 0 fully saturated rings. The molecule has 0 saturated carbocycles. The van der Waals surface area contributed by atoms with E-state index in [-0.39, 0.29) is 10.8 Å². The summed E-state index contributed by atoms with van der Waals surface area (Å²) in [6.07, 6.45) is 3.47. The number of halogens is 2. The average molecular weight is 326 g/mol. The predicted octanol–water partition coefficient (Wildman–Crippen LogP) is 3.82. The summed E-state index contributed by atoms with van der Waals surface area (Å²) in [4.78, 5) is 19.8. The van der Waals surface area contributed by atoms with Crippen LogP contribution >= 0.6 is 23.2 Å². The second-order valence-electron chi connectivity index (χ2n) is 4.17. The first kappa shape index (κ1) is 15.5. The Bertz CT molecular complexity index is 633. The predicted molar refractivity (Wildman–Crippen MR) is 82.2 cm³/mol. The van der Waals surface area contributed by atoms with Crippen LogP contribution in [0.3, 0.4) is 0 Å². The van der Waals surface area contributed by atoms with E-state index in [1.54, 1.807) is 18.2 Å². The summed E-state index contributed by atoms with van der Waals surface area (Å²) in [6.45, 7) is 2.54. The number of nitrogens with one attached hydrogen (secondary N) is 1. The van der Waals surface area contributed by atoms with Gasteiger partial charge < -0.3 is 10.1 Å². The van der Waals surface area contributed by atoms with Crippen LogP contribution in [-0.4, -0.2) is 22.5 Å². The van der Waals surface area contributed by atoms with Gasteiger partial charge in [-0.1, -0.05) is 30.1 Å². The third-order valence-electron chi connectivity index (χ3n) is 2.50. The first-order chi connectivity index (χ1) is 10.1. The highest BCUT2D eigenvalue weighted by atomic mass is 35.5. The van der Waals surface area contributed by atoms with E-state index in [2.05, 4.69) is 15.3 Å². The second kappa shape index (κ2) is 7.24. The summed E-state index contributed by atoms with van der Waals surface area (Å²) < 4.78 is 5.57. The van der Waals surface area contributed by atoms with Gasteiger partial charge in [0, 0.05) is 5.02 Å². The van der Waals surface area contributed by atoms with Crippen molar-refractivity contribution in [1.29, 1.82) is 0 Å². The Balaban J connectivity index is 2.19. The van der Waals surface area contributed by atoms with Gasteiger partial charge in [0.25, 0.3) is 5.91 Å². The molecule has 1 aromatic heterocycles. The van der Waals surface area contributed by atoms with Crippen LogP contribution in [0.5, 0.6) is 5.75 Å². The molecule has 5 nitrogen and oxygen atoms in total. The van der Waals surface area contributed by atoms with Crippen molar-refractivity contribution in [3.63, 3.8) is 0 Å². The Kier molecular flexibility index (Phi) is 5.36. The molecule has 1 N–H and O–H groups in total. The monoisotopic (exact) mass is 325 g/mol. The lowest BCUT2D eigenvalue weighted by Gasteiger charge is -2.12. The lowest BCUT2D eigenvalue weighted by molar-refractivity contribution is 0.102. The molecule has 21 heavy (non-hydrogen) atoms. The van der Waals surface area contributed by atoms with Crippen molar-refractivity contribution in [1.82, 2.24) is 9.97 Å². The van der Waals surface area contributed by atoms with E-state index in [0.29, 0.717) is 23.1 Å². The van der Waals surface area contributed by atoms with E-state index in [4.69, 9.17) is 27.9 Å². The number of carbonyl (C=O) groups is 1. The van der Waals surface area contributed by atoms with Crippen LogP contribution in [0.1, 0.15) is 23.8 Å². The Labute approximate surface area is 132 Å². The number of rotatable bonds is 5. The number of nitrogens with zero attached hydrogens (tertiary/aromatic N) is 2. The van der Waals surface area contributed by atoms with E-state index in [1.165, 1.54) is 12.4 Å². The molecular weight excluding hydrogens is 313 g/mol. The van der Waals surface area contributed by atoms with Gasteiger partial charge in [-0.3, -0.25) is 4.79 Å². The number of ether oxygens (including phenoxy) is 1. The molecule has 0 aliphatic rings. The molecule has 0 atom stereocenters. The van der Waals surface area contributed by atoms with Crippen LogP contribution in [0.15, 0.2) is 30.6 Å². The largest absolute Gasteiger partial charge is 0.491 e. The molecule has 0 aliphatic heterocycles. The molecule has 0 saturated heterocycles. The minimum Gasteiger partial charge on any atom is -0.491 e. The van der Waals surface area contributed by atoms with Gasteiger partial charge in [0.05, 0.1) is 24.7 Å². The topological polar surface area (TPSA) is 64.1 Å². The lowest BCUT2D eigenvalue weighted by Crippen LogP contribution is -2.15. The van der Waals surface area contributed by atoms with Crippen molar-refractivity contribution >= 4 is 34.8 Å². The quantitative estimate of drug-likeness (QED) is 0.907. The first-order valence-corrected chi connectivity index (χ1v) is 7.07. The Morgan fingerprint density at radius 3 is 2.76 bits per heavy atom. The van der Waals surface area contributed by atoms with Gasteiger partial charge in [0.2, 0.25) is 0 Å². The van der Waals surface area contributed by atoms with Crippen LogP contribution < -0.4 is 10.1 Å². The number of carbonyl (C=O) groups excluding carboxylic acids is 1. The van der Waals surface area contributed by atoms with Crippen LogP contribution in [0.2, 0.25) is 10.2 Å². The summed E-state index contributed by atoms with van der Waals surface area (Å²) in [6, 6.07) is 5.03. The molecule has 1 amide bonds. The third-order valence-corrected chi connectivity index (χ3v) is 2.93. The number of amides is 1. The molecule has 0 unspecified atom stereocenters. The van der Waals surface area contributed by atoms with E-state index >= 15 is 0 Å². The highest BCUT2D eigenvalue weighted by Crippen LogP contribution is 2.28. The summed E-state index contributed by atoms with van der Waals surface area (Å²) in [7, 11) is 0. The summed E-state index contributed by atoms with van der Waals surface area (Å²) in [5, 5.41) is 3.42. The third kappa shape index (κ3) is 4.31. The number of aromatic nitrogens is 2. The minimum absolute atomic E-state index is 0.154. The maximum absolute atomic E-state index is 12.1. The van der Waals surface area contributed by atoms with Crippen molar-refractivity contribution in [2.75, 3.05) is 11.9 Å². The molecular formula is C14H13Cl2N3O2. The SMILES string of the molecule is CCCOc1ccc(Cl)cc1NC(=O)c1cnc(Cl)cn1. The Morgan fingerprint density at radius 1 is 1.29 bits per heavy atom. The highest BCUT2D eigenvalue weighted by molar-refractivity contribution is 6.31. The van der Waals surface area contributed by atoms with Crippen LogP contribution in [0, 0.1) is 0 Å². The minimum atomic E-state index is -0.414. The highest BCUT2D eigenvalue weighted by Gasteiger charge is 2.12. The van der Waals surface area contributed by atoms with Gasteiger partial charge in [0.15, 0.2) is 0 Å². The van der Waals surface area contributed by atoms with Gasteiger partial charge in [-0.2, -0.15) is 0 Å². The zero-order chi connectivity index (χ0) is 15.2. The molecule has 7 heteroatoms. The maximum atomic E-state index is 12.1. The first-order valence-electron chi connectivity index (χ1n) is 6.31. The van der Waals surface area contributed by atoms with Crippen LogP contribution in [0.4, 0.5) is 5.69 Å². The molecule has 2 rings (SSSR count). The van der Waals surface area contributed by atoms with Gasteiger partial charge in [-0.05, 0) is 24.6 Å². The van der Waals surface area contributed by atoms with E-state index < -0.39 is 5.91 Å². The van der Waals surface area contributed by atoms with Gasteiger partial charge in [0.1, 0.15) is 16.6 Å². The Hall–Kier alpha value is -1.85. The van der Waals surface area contributed by atoms with Crippen LogP contribution in [0.25, 0.3) is 0 Å². The number of hydrogen-bond donors (Lipinski definition) is 1. The average Bonchev–Trinajstić information content (AvgIpc) is 2.47. The van der Waals surface area contributed by atoms with E-state index in [0.717, 1.165) is 6.42 Å². The molecule has 0 radical (unpaired) electrons. The molecule has 110 valence electrons. The molecule has 1 aromatic carbocycles. The van der Waals surface area contributed by atoms with Gasteiger partial charge in [-0.25, -0.2) is 9.97 Å². The number of anilines is 1. The van der Waals surface area contributed by atoms with E-state index in [1.807, 2.05) is 6.92 Å². The summed E-state index contributed by atoms with van der Waals surface area (Å²) >= 11 is 11.6. The zero-order valence-electron chi connectivity index (χ0n) is 11.3. The second-order valence-corrected chi connectivity index (χ2v) is 4.99. The standard InChI is InChI=1S/C14H13Cl2N3O2/c1-2-5-21-12-4-3-9(15)6-10(12)19-14(20)11-7-18-13(16)8-17-11/h3-4,6-8H,2,5H2,1H3,(H,19,20). The normalized spacial score (nSPS) is 10.2. The van der Waals surface area contributed by atoms with Crippen molar-refractivity contribution in [3.8, 4) is 5.75 Å². The van der Waals surface area contributed by atoms with Crippen LogP contribution in [-0.2, 0) is 0 Å². The fraction of sp³-hybridized carbons (Fsp3) is 0.214. The molecule has 1 heterocycles. The van der Waals surface area contributed by atoms with Crippen molar-refractivity contribution in [2.24, 2.45) is 0 Å². The molecule has 0 aliphatic carbocycles. The molecule has 2 aromatic rings. The lowest BCUT2D eigenvalue weighted by atomic mass is 10.2.